The van der Waals surface area contributed by atoms with Crippen molar-refractivity contribution in [1.29, 1.82) is 0 Å². The molecule has 2 atom stereocenters. The Morgan fingerprint density at radius 3 is 2.61 bits per heavy atom. The number of halogens is 4. The molecule has 10 heteroatoms. The molecule has 6 nitrogen and oxygen atoms in total. The van der Waals surface area contributed by atoms with E-state index in [1.54, 1.807) is 41.9 Å². The number of alkyl halides is 3. The summed E-state index contributed by atoms with van der Waals surface area (Å²) >= 11 is 0. The molecule has 0 amide bonds. The third-order valence-electron chi connectivity index (χ3n) is 7.74. The first-order valence-electron chi connectivity index (χ1n) is 13.6. The maximum absolute atomic E-state index is 14.2. The minimum atomic E-state index is -4.61. The van der Waals surface area contributed by atoms with E-state index in [1.165, 1.54) is 24.9 Å². The summed E-state index contributed by atoms with van der Waals surface area (Å²) in [7, 11) is 1.76. The molecule has 0 aliphatic heterocycles. The van der Waals surface area contributed by atoms with Gasteiger partial charge >= 0.3 is 6.18 Å². The van der Waals surface area contributed by atoms with E-state index in [0.29, 0.717) is 46.1 Å². The highest BCUT2D eigenvalue weighted by atomic mass is 19.4. The molecular formula is C31H29F4N5O. The minimum Gasteiger partial charge on any atom is -0.435 e. The highest BCUT2D eigenvalue weighted by Crippen LogP contribution is 2.39. The number of benzene rings is 3. The van der Waals surface area contributed by atoms with Crippen molar-refractivity contribution in [2.45, 2.75) is 51.4 Å². The summed E-state index contributed by atoms with van der Waals surface area (Å²) in [6.45, 7) is 2.53. The Bertz CT molecular complexity index is 1710. The number of aryl methyl sites for hydroxylation is 1. The molecule has 3 aromatic carbocycles. The summed E-state index contributed by atoms with van der Waals surface area (Å²) < 4.78 is 64.1. The number of hydrogen-bond donors (Lipinski definition) is 1. The molecule has 1 aliphatic rings. The monoisotopic (exact) mass is 563 g/mol. The number of nitrogens with zero attached hydrogens (tertiary/aromatic N) is 4. The lowest BCUT2D eigenvalue weighted by molar-refractivity contribution is -0.136. The fourth-order valence-corrected chi connectivity index (χ4v) is 5.71. The average Bonchev–Trinajstić information content (AvgIpc) is 3.57. The lowest BCUT2D eigenvalue weighted by Gasteiger charge is -2.27. The van der Waals surface area contributed by atoms with Crippen LogP contribution in [0.5, 0.6) is 0 Å². The molecule has 2 aromatic heterocycles. The topological polar surface area (TPSA) is 68.8 Å². The van der Waals surface area contributed by atoms with Gasteiger partial charge in [0.1, 0.15) is 23.2 Å². The van der Waals surface area contributed by atoms with Gasteiger partial charge in [0.25, 0.3) is 0 Å². The van der Waals surface area contributed by atoms with Crippen molar-refractivity contribution in [2.24, 2.45) is 13.0 Å². The summed E-state index contributed by atoms with van der Waals surface area (Å²) in [5.41, 5.74) is 1.93. The predicted molar refractivity (Wildman–Crippen MR) is 148 cm³/mol. The minimum absolute atomic E-state index is 0.0703. The van der Waals surface area contributed by atoms with Gasteiger partial charge in [-0.3, -0.25) is 0 Å². The van der Waals surface area contributed by atoms with Gasteiger partial charge in [0.05, 0.1) is 0 Å². The van der Waals surface area contributed by atoms with Crippen LogP contribution in [0.2, 0.25) is 0 Å². The smallest absolute Gasteiger partial charge is 0.420 e. The second-order valence-electron chi connectivity index (χ2n) is 10.9. The van der Waals surface area contributed by atoms with Crippen molar-refractivity contribution in [3.63, 3.8) is 0 Å². The van der Waals surface area contributed by atoms with Gasteiger partial charge in [-0.2, -0.15) is 13.2 Å². The largest absolute Gasteiger partial charge is 0.435 e. The Morgan fingerprint density at radius 2 is 1.85 bits per heavy atom. The second kappa shape index (κ2) is 10.7. The van der Waals surface area contributed by atoms with E-state index in [9.17, 15) is 17.6 Å². The standard InChI is InChI=1S/C31H29F4N5O/c1-18-5-3-8-23(11-18)36-16-19-12-26(31(33,34)35)28-27(13-19)38-30(41-28)21-7-4-6-20(14-21)24-10-9-22(32)15-25(24)29-39-37-17-40(29)2/h4,6-7,9-10,12-15,17-18,23,36H,3,5,8,11,16H2,1-2H3/t18-,23-/m1/s1. The zero-order valence-electron chi connectivity index (χ0n) is 22.7. The fourth-order valence-electron chi connectivity index (χ4n) is 5.71. The zero-order valence-corrected chi connectivity index (χ0v) is 22.7. The van der Waals surface area contributed by atoms with Gasteiger partial charge in [0, 0.05) is 30.8 Å². The van der Waals surface area contributed by atoms with Crippen molar-refractivity contribution in [2.75, 3.05) is 0 Å². The summed E-state index contributed by atoms with van der Waals surface area (Å²) in [6.07, 6.45) is 1.27. The Balaban J connectivity index is 1.37. The van der Waals surface area contributed by atoms with Crippen LogP contribution in [0.1, 0.15) is 43.7 Å². The highest BCUT2D eigenvalue weighted by molar-refractivity contribution is 5.84. The maximum Gasteiger partial charge on any atom is 0.420 e. The SMILES string of the molecule is C[C@@H]1CCC[C@@H](NCc2cc(C(F)(F)F)c3oc(-c4cccc(-c5ccc(F)cc5-c5nncn5C)c4)nc3c2)C1. The molecule has 212 valence electrons. The summed E-state index contributed by atoms with van der Waals surface area (Å²) in [6, 6.07) is 14.5. The van der Waals surface area contributed by atoms with E-state index >= 15 is 0 Å². The van der Waals surface area contributed by atoms with Crippen molar-refractivity contribution in [1.82, 2.24) is 25.1 Å². The maximum atomic E-state index is 14.2. The molecule has 5 aromatic rings. The van der Waals surface area contributed by atoms with Crippen LogP contribution >= 0.6 is 0 Å². The molecular weight excluding hydrogens is 534 g/mol. The third-order valence-corrected chi connectivity index (χ3v) is 7.74. The van der Waals surface area contributed by atoms with E-state index in [-0.39, 0.29) is 23.0 Å². The zero-order chi connectivity index (χ0) is 28.7. The number of fused-ring (bicyclic) bond motifs is 1. The van der Waals surface area contributed by atoms with Crippen molar-refractivity contribution < 1.29 is 22.0 Å². The molecule has 0 radical (unpaired) electrons. The molecule has 2 heterocycles. The van der Waals surface area contributed by atoms with Crippen molar-refractivity contribution in [3.8, 4) is 34.0 Å². The molecule has 0 saturated heterocycles. The Morgan fingerprint density at radius 1 is 1.02 bits per heavy atom. The van der Waals surface area contributed by atoms with Crippen LogP contribution in [-0.2, 0) is 19.8 Å². The van der Waals surface area contributed by atoms with Gasteiger partial charge in [0.2, 0.25) is 5.89 Å². The Hall–Kier alpha value is -4.05. The van der Waals surface area contributed by atoms with E-state index in [1.807, 2.05) is 6.07 Å². The van der Waals surface area contributed by atoms with E-state index in [2.05, 4.69) is 27.4 Å². The quantitative estimate of drug-likeness (QED) is 0.214. The van der Waals surface area contributed by atoms with Crippen molar-refractivity contribution >= 4 is 11.1 Å². The Labute approximate surface area is 234 Å². The van der Waals surface area contributed by atoms with E-state index in [4.69, 9.17) is 4.42 Å². The van der Waals surface area contributed by atoms with Gasteiger partial charge in [-0.25, -0.2) is 9.37 Å². The van der Waals surface area contributed by atoms with E-state index in [0.717, 1.165) is 25.3 Å². The molecule has 0 bridgehead atoms. The Kier molecular flexibility index (Phi) is 7.11. The van der Waals surface area contributed by atoms with Crippen LogP contribution < -0.4 is 5.32 Å². The van der Waals surface area contributed by atoms with Crippen LogP contribution in [-0.4, -0.2) is 25.8 Å². The normalized spacial score (nSPS) is 17.8. The van der Waals surface area contributed by atoms with Gasteiger partial charge in [-0.15, -0.1) is 10.2 Å². The number of hydrogen-bond acceptors (Lipinski definition) is 5. The third kappa shape index (κ3) is 5.61. The molecule has 0 spiro atoms. The molecule has 6 rings (SSSR count). The fraction of sp³-hybridized carbons (Fsp3) is 0.323. The summed E-state index contributed by atoms with van der Waals surface area (Å²) in [5, 5.41) is 11.5. The van der Waals surface area contributed by atoms with Crippen LogP contribution in [0, 0.1) is 11.7 Å². The molecule has 1 aliphatic carbocycles. The van der Waals surface area contributed by atoms with Crippen LogP contribution in [0.3, 0.4) is 0 Å². The van der Waals surface area contributed by atoms with Gasteiger partial charge in [0.15, 0.2) is 11.4 Å². The molecule has 1 N–H and O–H groups in total. The number of rotatable bonds is 6. The lowest BCUT2D eigenvalue weighted by atomic mass is 9.87. The highest BCUT2D eigenvalue weighted by Gasteiger charge is 2.35. The first-order valence-corrected chi connectivity index (χ1v) is 13.6. The number of aromatic nitrogens is 4. The lowest BCUT2D eigenvalue weighted by Crippen LogP contribution is -2.33. The van der Waals surface area contributed by atoms with Crippen LogP contribution in [0.4, 0.5) is 17.6 Å². The summed E-state index contributed by atoms with van der Waals surface area (Å²) in [5.74, 6) is 0.728. The first kappa shape index (κ1) is 27.1. The van der Waals surface area contributed by atoms with Gasteiger partial charge in [-0.1, -0.05) is 38.0 Å². The van der Waals surface area contributed by atoms with Crippen molar-refractivity contribution in [3.05, 3.63) is 77.9 Å². The first-order chi connectivity index (χ1) is 19.7. The van der Waals surface area contributed by atoms with Crippen LogP contribution in [0.15, 0.2) is 65.3 Å². The van der Waals surface area contributed by atoms with Gasteiger partial charge < -0.3 is 14.3 Å². The molecule has 0 unspecified atom stereocenters. The predicted octanol–water partition coefficient (Wildman–Crippen LogP) is 7.78. The molecule has 1 saturated carbocycles. The number of oxazole rings is 1. The summed E-state index contributed by atoms with van der Waals surface area (Å²) in [4.78, 5) is 4.48. The number of nitrogens with one attached hydrogen (secondary N) is 1. The molecule has 41 heavy (non-hydrogen) atoms. The second-order valence-corrected chi connectivity index (χ2v) is 10.9. The van der Waals surface area contributed by atoms with E-state index < -0.39 is 17.6 Å². The van der Waals surface area contributed by atoms with Crippen LogP contribution in [0.25, 0.3) is 45.1 Å². The average molecular weight is 564 g/mol. The molecule has 1 fully saturated rings. The van der Waals surface area contributed by atoms with Gasteiger partial charge in [-0.05, 0) is 71.8 Å².